The van der Waals surface area contributed by atoms with Crippen LogP contribution in [0, 0.1) is 12.7 Å². The van der Waals surface area contributed by atoms with Crippen LogP contribution in [0.2, 0.25) is 0 Å². The van der Waals surface area contributed by atoms with Crippen molar-refractivity contribution in [3.63, 3.8) is 0 Å². The molecule has 3 heterocycles. The van der Waals surface area contributed by atoms with Crippen molar-refractivity contribution in [2.24, 2.45) is 0 Å². The van der Waals surface area contributed by atoms with E-state index in [-0.39, 0.29) is 23.5 Å². The van der Waals surface area contributed by atoms with Crippen LogP contribution in [0.3, 0.4) is 0 Å². The highest BCUT2D eigenvalue weighted by Crippen LogP contribution is 2.26. The van der Waals surface area contributed by atoms with Crippen LogP contribution in [0.25, 0.3) is 16.6 Å². The molecule has 0 fully saturated rings. The summed E-state index contributed by atoms with van der Waals surface area (Å²) in [5.41, 5.74) is 1.78. The number of fused-ring (bicyclic) bond motifs is 2. The van der Waals surface area contributed by atoms with E-state index in [9.17, 15) is 9.18 Å². The molecule has 0 saturated heterocycles. The summed E-state index contributed by atoms with van der Waals surface area (Å²) in [7, 11) is 0. The normalized spacial score (nSPS) is 12.6. The molecule has 0 spiro atoms. The highest BCUT2D eigenvalue weighted by atomic mass is 19.1. The minimum Gasteiger partial charge on any atom is -0.451 e. The van der Waals surface area contributed by atoms with Gasteiger partial charge in [-0.3, -0.25) is 9.20 Å². The minimum atomic E-state index is -0.380. The number of hydrogen-bond acceptors (Lipinski definition) is 4. The lowest BCUT2D eigenvalue weighted by Crippen LogP contribution is -2.28. The fourth-order valence-electron chi connectivity index (χ4n) is 2.89. The number of furan rings is 1. The Morgan fingerprint density at radius 3 is 2.96 bits per heavy atom. The van der Waals surface area contributed by atoms with Crippen molar-refractivity contribution >= 4 is 22.5 Å². The predicted molar refractivity (Wildman–Crippen MR) is 89.8 cm³/mol. The molecule has 0 aliphatic heterocycles. The van der Waals surface area contributed by atoms with Crippen molar-refractivity contribution in [1.82, 2.24) is 19.9 Å². The van der Waals surface area contributed by atoms with Gasteiger partial charge in [0.15, 0.2) is 17.2 Å². The zero-order valence-electron chi connectivity index (χ0n) is 13.7. The molecule has 25 heavy (non-hydrogen) atoms. The summed E-state index contributed by atoms with van der Waals surface area (Å²) in [4.78, 5) is 12.6. The van der Waals surface area contributed by atoms with Crippen LogP contribution in [0.1, 0.15) is 34.9 Å². The Morgan fingerprint density at radius 2 is 2.12 bits per heavy atom. The van der Waals surface area contributed by atoms with Gasteiger partial charge in [-0.25, -0.2) is 4.39 Å². The molecular formula is C18H15FN4O2. The average Bonchev–Trinajstić information content (AvgIpc) is 3.17. The number of aromatic nitrogens is 3. The van der Waals surface area contributed by atoms with Gasteiger partial charge in [0.1, 0.15) is 11.4 Å². The summed E-state index contributed by atoms with van der Waals surface area (Å²) in [5.74, 6) is 0.0333. The van der Waals surface area contributed by atoms with Crippen LogP contribution in [0.5, 0.6) is 0 Å². The van der Waals surface area contributed by atoms with E-state index in [4.69, 9.17) is 4.42 Å². The van der Waals surface area contributed by atoms with Gasteiger partial charge in [0, 0.05) is 17.1 Å². The van der Waals surface area contributed by atoms with Gasteiger partial charge in [-0.15, -0.1) is 10.2 Å². The van der Waals surface area contributed by atoms with E-state index < -0.39 is 0 Å². The number of rotatable bonds is 3. The molecule has 6 nitrogen and oxygen atoms in total. The predicted octanol–water partition coefficient (Wildman–Crippen LogP) is 3.41. The summed E-state index contributed by atoms with van der Waals surface area (Å²) in [6.45, 7) is 3.55. The fourth-order valence-corrected chi connectivity index (χ4v) is 2.89. The molecule has 1 N–H and O–H groups in total. The van der Waals surface area contributed by atoms with Crippen molar-refractivity contribution < 1.29 is 13.6 Å². The van der Waals surface area contributed by atoms with Gasteiger partial charge in [-0.1, -0.05) is 6.07 Å². The Labute approximate surface area is 142 Å². The van der Waals surface area contributed by atoms with Crippen LogP contribution in [0.4, 0.5) is 4.39 Å². The van der Waals surface area contributed by atoms with E-state index in [1.54, 1.807) is 6.92 Å². The Morgan fingerprint density at radius 1 is 1.28 bits per heavy atom. The molecule has 126 valence electrons. The van der Waals surface area contributed by atoms with Crippen LogP contribution in [-0.4, -0.2) is 20.5 Å². The molecule has 1 aromatic carbocycles. The first-order chi connectivity index (χ1) is 12.0. The maximum absolute atomic E-state index is 13.4. The minimum absolute atomic E-state index is 0.168. The van der Waals surface area contributed by atoms with Gasteiger partial charge in [0.05, 0.1) is 6.04 Å². The SMILES string of the molecule is Cc1c(C(=O)N[C@H](C)c2nnc3ccccn23)oc2ccc(F)cc12. The van der Waals surface area contributed by atoms with E-state index in [2.05, 4.69) is 15.5 Å². The number of pyridine rings is 1. The smallest absolute Gasteiger partial charge is 0.287 e. The van der Waals surface area contributed by atoms with E-state index >= 15 is 0 Å². The summed E-state index contributed by atoms with van der Waals surface area (Å²) < 4.78 is 20.8. The second-order valence-electron chi connectivity index (χ2n) is 5.88. The molecule has 1 atom stereocenters. The van der Waals surface area contributed by atoms with Crippen LogP contribution in [-0.2, 0) is 0 Å². The first kappa shape index (κ1) is 15.3. The summed E-state index contributed by atoms with van der Waals surface area (Å²) in [6, 6.07) is 9.38. The third-order valence-corrected chi connectivity index (χ3v) is 4.18. The number of hydrogen-bond donors (Lipinski definition) is 1. The average molecular weight is 338 g/mol. The topological polar surface area (TPSA) is 72.4 Å². The number of nitrogens with zero attached hydrogens (tertiary/aromatic N) is 3. The number of carbonyl (C=O) groups is 1. The molecule has 0 saturated carbocycles. The zero-order chi connectivity index (χ0) is 17.6. The summed E-state index contributed by atoms with van der Waals surface area (Å²) in [6.07, 6.45) is 1.84. The number of benzene rings is 1. The Kier molecular flexibility index (Phi) is 3.49. The second-order valence-corrected chi connectivity index (χ2v) is 5.88. The van der Waals surface area contributed by atoms with Gasteiger partial charge in [0.2, 0.25) is 0 Å². The number of halogens is 1. The summed E-state index contributed by atoms with van der Waals surface area (Å²) >= 11 is 0. The van der Waals surface area contributed by atoms with Crippen molar-refractivity contribution in [1.29, 1.82) is 0 Å². The van der Waals surface area contributed by atoms with E-state index in [1.807, 2.05) is 35.7 Å². The van der Waals surface area contributed by atoms with Crippen LogP contribution < -0.4 is 5.32 Å². The highest BCUT2D eigenvalue weighted by molar-refractivity contribution is 5.99. The standard InChI is InChI=1S/C18H15FN4O2/c1-10-13-9-12(19)6-7-14(13)25-16(10)18(24)20-11(2)17-22-21-15-5-3-4-8-23(15)17/h3-9,11H,1-2H3,(H,20,24)/t11-/m1/s1. The third kappa shape index (κ3) is 2.53. The number of amides is 1. The molecule has 0 bridgehead atoms. The molecule has 0 unspecified atom stereocenters. The first-order valence-corrected chi connectivity index (χ1v) is 7.84. The van der Waals surface area contributed by atoms with Gasteiger partial charge in [-0.2, -0.15) is 0 Å². The largest absolute Gasteiger partial charge is 0.451 e. The van der Waals surface area contributed by atoms with E-state index in [0.29, 0.717) is 28.0 Å². The van der Waals surface area contributed by atoms with Crippen molar-refractivity contribution in [2.45, 2.75) is 19.9 Å². The molecule has 7 heteroatoms. The Balaban J connectivity index is 1.64. The molecule has 0 radical (unpaired) electrons. The monoisotopic (exact) mass is 338 g/mol. The van der Waals surface area contributed by atoms with Gasteiger partial charge in [0.25, 0.3) is 5.91 Å². The Hall–Kier alpha value is -3.22. The van der Waals surface area contributed by atoms with Crippen molar-refractivity contribution in [2.75, 3.05) is 0 Å². The van der Waals surface area contributed by atoms with Gasteiger partial charge in [-0.05, 0) is 44.2 Å². The zero-order valence-corrected chi connectivity index (χ0v) is 13.7. The first-order valence-electron chi connectivity index (χ1n) is 7.84. The lowest BCUT2D eigenvalue weighted by atomic mass is 10.1. The summed E-state index contributed by atoms with van der Waals surface area (Å²) in [5, 5.41) is 11.7. The second kappa shape index (κ2) is 5.70. The number of carbonyl (C=O) groups excluding carboxylic acids is 1. The van der Waals surface area contributed by atoms with E-state index in [0.717, 1.165) is 0 Å². The maximum Gasteiger partial charge on any atom is 0.287 e. The molecule has 0 aliphatic rings. The molecule has 0 aliphatic carbocycles. The lowest BCUT2D eigenvalue weighted by molar-refractivity contribution is 0.0911. The molecule has 3 aromatic heterocycles. The fraction of sp³-hybridized carbons (Fsp3) is 0.167. The molecule has 4 aromatic rings. The van der Waals surface area contributed by atoms with Gasteiger partial charge >= 0.3 is 0 Å². The van der Waals surface area contributed by atoms with E-state index in [1.165, 1.54) is 18.2 Å². The molecular weight excluding hydrogens is 323 g/mol. The Bertz CT molecular complexity index is 1100. The molecule has 1 amide bonds. The van der Waals surface area contributed by atoms with Crippen molar-refractivity contribution in [3.8, 4) is 0 Å². The number of nitrogens with one attached hydrogen (secondary N) is 1. The lowest BCUT2D eigenvalue weighted by Gasteiger charge is -2.11. The van der Waals surface area contributed by atoms with Crippen LogP contribution in [0.15, 0.2) is 47.0 Å². The highest BCUT2D eigenvalue weighted by Gasteiger charge is 2.22. The van der Waals surface area contributed by atoms with Crippen LogP contribution >= 0.6 is 0 Å². The maximum atomic E-state index is 13.4. The van der Waals surface area contributed by atoms with Gasteiger partial charge < -0.3 is 9.73 Å². The molecule has 4 rings (SSSR count). The van der Waals surface area contributed by atoms with Crippen molar-refractivity contribution in [3.05, 3.63) is 65.6 Å². The number of aryl methyl sites for hydroxylation is 1. The quantitative estimate of drug-likeness (QED) is 0.621. The third-order valence-electron chi connectivity index (χ3n) is 4.18.